The van der Waals surface area contributed by atoms with Crippen LogP contribution < -0.4 is 5.32 Å². The number of alkyl halides is 3. The Bertz CT molecular complexity index is 908. The highest BCUT2D eigenvalue weighted by Crippen LogP contribution is 2.32. The Labute approximate surface area is 148 Å². The number of nitrogens with one attached hydrogen (secondary N) is 1. The van der Waals surface area contributed by atoms with Gasteiger partial charge >= 0.3 is 6.18 Å². The molecule has 0 radical (unpaired) electrons. The summed E-state index contributed by atoms with van der Waals surface area (Å²) in [6.45, 7) is 4.10. The highest BCUT2D eigenvalue weighted by molar-refractivity contribution is 5.68. The van der Waals surface area contributed by atoms with Crippen LogP contribution in [-0.4, -0.2) is 21.5 Å². The number of halogens is 3. The molecule has 1 aromatic carbocycles. The molecule has 0 amide bonds. The monoisotopic (exact) mass is 356 g/mol. The van der Waals surface area contributed by atoms with Gasteiger partial charge in [0, 0.05) is 36.1 Å². The van der Waals surface area contributed by atoms with Gasteiger partial charge in [0.2, 0.25) is 0 Å². The number of rotatable bonds is 5. The van der Waals surface area contributed by atoms with Gasteiger partial charge in [0.25, 0.3) is 0 Å². The first-order valence-corrected chi connectivity index (χ1v) is 7.79. The highest BCUT2D eigenvalue weighted by Gasteiger charge is 2.30. The van der Waals surface area contributed by atoms with Crippen LogP contribution in [-0.2, 0) is 6.18 Å². The first-order chi connectivity index (χ1) is 12.5. The maximum atomic E-state index is 13.0. The van der Waals surface area contributed by atoms with Gasteiger partial charge < -0.3 is 5.32 Å². The van der Waals surface area contributed by atoms with E-state index >= 15 is 0 Å². The van der Waals surface area contributed by atoms with E-state index in [1.54, 1.807) is 42.7 Å². The van der Waals surface area contributed by atoms with E-state index in [2.05, 4.69) is 26.8 Å². The SMILES string of the molecule is C=CCNc1cc(-c2cccc(C(F)(F)F)c2)nc(-c2ccncc2)n1. The second-order valence-corrected chi connectivity index (χ2v) is 5.45. The molecular weight excluding hydrogens is 341 g/mol. The van der Waals surface area contributed by atoms with Gasteiger partial charge in [0.05, 0.1) is 11.3 Å². The molecule has 0 bridgehead atoms. The third kappa shape index (κ3) is 4.05. The lowest BCUT2D eigenvalue weighted by atomic mass is 10.1. The minimum atomic E-state index is -4.42. The normalized spacial score (nSPS) is 11.2. The van der Waals surface area contributed by atoms with E-state index in [9.17, 15) is 13.2 Å². The van der Waals surface area contributed by atoms with Gasteiger partial charge in [-0.3, -0.25) is 4.98 Å². The molecule has 0 atom stereocenters. The summed E-state index contributed by atoms with van der Waals surface area (Å²) in [6, 6.07) is 10.2. The Kier molecular flexibility index (Phi) is 4.97. The minimum absolute atomic E-state index is 0.360. The summed E-state index contributed by atoms with van der Waals surface area (Å²) in [7, 11) is 0. The second kappa shape index (κ2) is 7.35. The van der Waals surface area contributed by atoms with Crippen LogP contribution in [0.25, 0.3) is 22.6 Å². The van der Waals surface area contributed by atoms with Crippen molar-refractivity contribution in [3.8, 4) is 22.6 Å². The molecule has 0 unspecified atom stereocenters. The third-order valence-corrected chi connectivity index (χ3v) is 3.58. The van der Waals surface area contributed by atoms with Crippen LogP contribution in [0.5, 0.6) is 0 Å². The molecule has 132 valence electrons. The zero-order valence-electron chi connectivity index (χ0n) is 13.7. The van der Waals surface area contributed by atoms with Gasteiger partial charge in [-0.1, -0.05) is 18.2 Å². The Hall–Kier alpha value is -3.22. The number of hydrogen-bond donors (Lipinski definition) is 1. The third-order valence-electron chi connectivity index (χ3n) is 3.58. The van der Waals surface area contributed by atoms with Crippen LogP contribution in [0.4, 0.5) is 19.0 Å². The fourth-order valence-electron chi connectivity index (χ4n) is 2.35. The molecule has 0 saturated heterocycles. The van der Waals surface area contributed by atoms with E-state index in [0.29, 0.717) is 29.4 Å². The summed E-state index contributed by atoms with van der Waals surface area (Å²) in [5.41, 5.74) is 0.749. The molecule has 0 fully saturated rings. The summed E-state index contributed by atoms with van der Waals surface area (Å²) in [4.78, 5) is 12.8. The Balaban J connectivity index is 2.10. The molecule has 0 aliphatic rings. The van der Waals surface area contributed by atoms with Gasteiger partial charge in [-0.05, 0) is 24.3 Å². The average Bonchev–Trinajstić information content (AvgIpc) is 2.66. The standard InChI is InChI=1S/C19H15F3N4/c1-2-8-24-17-12-16(14-4-3-5-15(11-14)19(20,21)22)25-18(26-17)13-6-9-23-10-7-13/h2-7,9-12H,1,8H2,(H,24,25,26). The fraction of sp³-hybridized carbons (Fsp3) is 0.105. The zero-order chi connectivity index (χ0) is 18.6. The minimum Gasteiger partial charge on any atom is -0.366 e. The van der Waals surface area contributed by atoms with Crippen molar-refractivity contribution < 1.29 is 13.2 Å². The largest absolute Gasteiger partial charge is 0.416 e. The number of pyridine rings is 1. The van der Waals surface area contributed by atoms with E-state index in [1.807, 2.05) is 0 Å². The Morgan fingerprint density at radius 3 is 2.46 bits per heavy atom. The van der Waals surface area contributed by atoms with Crippen molar-refractivity contribution in [2.75, 3.05) is 11.9 Å². The molecule has 3 rings (SSSR count). The topological polar surface area (TPSA) is 50.7 Å². The Morgan fingerprint density at radius 2 is 1.77 bits per heavy atom. The number of nitrogens with zero attached hydrogens (tertiary/aromatic N) is 3. The summed E-state index contributed by atoms with van der Waals surface area (Å²) in [5, 5.41) is 3.05. The predicted molar refractivity (Wildman–Crippen MR) is 94.4 cm³/mol. The lowest BCUT2D eigenvalue weighted by Gasteiger charge is -2.11. The second-order valence-electron chi connectivity index (χ2n) is 5.45. The van der Waals surface area contributed by atoms with Crippen molar-refractivity contribution in [2.45, 2.75) is 6.18 Å². The molecule has 26 heavy (non-hydrogen) atoms. The van der Waals surface area contributed by atoms with Crippen LogP contribution >= 0.6 is 0 Å². The number of anilines is 1. The van der Waals surface area contributed by atoms with Gasteiger partial charge in [0.1, 0.15) is 5.82 Å². The molecule has 3 aromatic rings. The molecule has 1 N–H and O–H groups in total. The zero-order valence-corrected chi connectivity index (χ0v) is 13.7. The van der Waals surface area contributed by atoms with E-state index < -0.39 is 11.7 Å². The van der Waals surface area contributed by atoms with E-state index in [1.165, 1.54) is 6.07 Å². The smallest absolute Gasteiger partial charge is 0.366 e. The molecule has 4 nitrogen and oxygen atoms in total. The molecule has 0 saturated carbocycles. The molecule has 0 aliphatic heterocycles. The first-order valence-electron chi connectivity index (χ1n) is 7.79. The van der Waals surface area contributed by atoms with Crippen LogP contribution in [0.2, 0.25) is 0 Å². The van der Waals surface area contributed by atoms with Gasteiger partial charge in [-0.25, -0.2) is 9.97 Å². The number of benzene rings is 1. The van der Waals surface area contributed by atoms with Crippen LogP contribution in [0, 0.1) is 0 Å². The summed E-state index contributed by atoms with van der Waals surface area (Å²) in [5.74, 6) is 0.896. The predicted octanol–water partition coefficient (Wildman–Crippen LogP) is 4.82. The van der Waals surface area contributed by atoms with Gasteiger partial charge in [-0.2, -0.15) is 13.2 Å². The van der Waals surface area contributed by atoms with Gasteiger partial charge in [0.15, 0.2) is 5.82 Å². The van der Waals surface area contributed by atoms with Crippen LogP contribution in [0.3, 0.4) is 0 Å². The van der Waals surface area contributed by atoms with Crippen LogP contribution in [0.15, 0.2) is 67.5 Å². The highest BCUT2D eigenvalue weighted by atomic mass is 19.4. The lowest BCUT2D eigenvalue weighted by Crippen LogP contribution is -2.06. The molecule has 0 aliphatic carbocycles. The Morgan fingerprint density at radius 1 is 1.00 bits per heavy atom. The number of hydrogen-bond acceptors (Lipinski definition) is 4. The molecule has 0 spiro atoms. The van der Waals surface area contributed by atoms with Crippen LogP contribution in [0.1, 0.15) is 5.56 Å². The quantitative estimate of drug-likeness (QED) is 0.666. The molecular formula is C19H15F3N4. The van der Waals surface area contributed by atoms with E-state index in [0.717, 1.165) is 17.7 Å². The lowest BCUT2D eigenvalue weighted by molar-refractivity contribution is -0.137. The summed E-state index contributed by atoms with van der Waals surface area (Å²) in [6.07, 6.45) is 0.456. The molecule has 2 aromatic heterocycles. The maximum Gasteiger partial charge on any atom is 0.416 e. The van der Waals surface area contributed by atoms with Crippen molar-refractivity contribution in [2.24, 2.45) is 0 Å². The molecule has 2 heterocycles. The van der Waals surface area contributed by atoms with Crippen molar-refractivity contribution in [3.05, 3.63) is 73.1 Å². The average molecular weight is 356 g/mol. The van der Waals surface area contributed by atoms with E-state index in [4.69, 9.17) is 0 Å². The van der Waals surface area contributed by atoms with Gasteiger partial charge in [-0.15, -0.1) is 6.58 Å². The molecule has 7 heteroatoms. The van der Waals surface area contributed by atoms with Crippen molar-refractivity contribution in [1.29, 1.82) is 0 Å². The summed E-state index contributed by atoms with van der Waals surface area (Å²) < 4.78 is 39.0. The number of aromatic nitrogens is 3. The fourth-order valence-corrected chi connectivity index (χ4v) is 2.35. The van der Waals surface area contributed by atoms with E-state index in [-0.39, 0.29) is 0 Å². The van der Waals surface area contributed by atoms with Crippen molar-refractivity contribution in [3.63, 3.8) is 0 Å². The maximum absolute atomic E-state index is 13.0. The summed E-state index contributed by atoms with van der Waals surface area (Å²) >= 11 is 0. The first kappa shape index (κ1) is 17.6. The van der Waals surface area contributed by atoms with Crippen molar-refractivity contribution in [1.82, 2.24) is 15.0 Å². The van der Waals surface area contributed by atoms with Crippen molar-refractivity contribution >= 4 is 5.82 Å².